The van der Waals surface area contributed by atoms with Crippen LogP contribution in [0.2, 0.25) is 10.0 Å². The van der Waals surface area contributed by atoms with E-state index in [-0.39, 0.29) is 0 Å². The highest BCUT2D eigenvalue weighted by molar-refractivity contribution is 6.36. The van der Waals surface area contributed by atoms with Gasteiger partial charge in [-0.1, -0.05) is 23.2 Å². The van der Waals surface area contributed by atoms with Crippen molar-refractivity contribution in [3.63, 3.8) is 0 Å². The number of nitrogens with zero attached hydrogens (tertiary/aromatic N) is 2. The van der Waals surface area contributed by atoms with E-state index >= 15 is 0 Å². The summed E-state index contributed by atoms with van der Waals surface area (Å²) < 4.78 is 1.85. The molecular weight excluding hydrogens is 257 g/mol. The van der Waals surface area contributed by atoms with Crippen molar-refractivity contribution >= 4 is 28.9 Å². The third-order valence-corrected chi connectivity index (χ3v) is 3.04. The van der Waals surface area contributed by atoms with Gasteiger partial charge in [-0.05, 0) is 31.2 Å². The number of aryl methyl sites for hydroxylation is 2. The first-order chi connectivity index (χ1) is 8.06. The van der Waals surface area contributed by atoms with Gasteiger partial charge >= 0.3 is 0 Å². The highest BCUT2D eigenvalue weighted by Crippen LogP contribution is 2.25. The molecule has 0 amide bonds. The fourth-order valence-corrected chi connectivity index (χ4v) is 2.12. The molecule has 1 aromatic heterocycles. The van der Waals surface area contributed by atoms with Gasteiger partial charge in [-0.3, -0.25) is 4.68 Å². The molecule has 0 saturated heterocycles. The molecule has 3 nitrogen and oxygen atoms in total. The van der Waals surface area contributed by atoms with Crippen molar-refractivity contribution in [2.24, 2.45) is 7.05 Å². The lowest BCUT2D eigenvalue weighted by Gasteiger charge is -2.08. The fraction of sp³-hybridized carbons (Fsp3) is 0.250. The minimum atomic E-state index is 0.622. The Morgan fingerprint density at radius 2 is 2.06 bits per heavy atom. The van der Waals surface area contributed by atoms with Crippen LogP contribution in [0.4, 0.5) is 5.69 Å². The average molecular weight is 270 g/mol. The van der Waals surface area contributed by atoms with Crippen molar-refractivity contribution in [1.29, 1.82) is 0 Å². The third kappa shape index (κ3) is 2.93. The number of halogens is 2. The van der Waals surface area contributed by atoms with Crippen LogP contribution in [0.15, 0.2) is 24.3 Å². The van der Waals surface area contributed by atoms with Crippen LogP contribution in [-0.4, -0.2) is 9.78 Å². The van der Waals surface area contributed by atoms with Crippen molar-refractivity contribution in [3.8, 4) is 0 Å². The molecule has 0 radical (unpaired) electrons. The maximum Gasteiger partial charge on any atom is 0.0652 e. The first-order valence-electron chi connectivity index (χ1n) is 5.24. The molecule has 0 saturated carbocycles. The molecule has 0 aliphatic carbocycles. The highest BCUT2D eigenvalue weighted by Gasteiger charge is 2.04. The molecule has 0 unspecified atom stereocenters. The van der Waals surface area contributed by atoms with Gasteiger partial charge in [-0.15, -0.1) is 0 Å². The molecule has 2 rings (SSSR count). The molecule has 5 heteroatoms. The summed E-state index contributed by atoms with van der Waals surface area (Å²) in [6.07, 6.45) is 0. The zero-order valence-electron chi connectivity index (χ0n) is 9.67. The van der Waals surface area contributed by atoms with Crippen molar-refractivity contribution in [3.05, 3.63) is 45.7 Å². The summed E-state index contributed by atoms with van der Waals surface area (Å²) in [5, 5.41) is 8.80. The Balaban J connectivity index is 2.10. The zero-order chi connectivity index (χ0) is 12.4. The van der Waals surface area contributed by atoms with Crippen LogP contribution in [0.1, 0.15) is 11.4 Å². The number of aromatic nitrogens is 2. The maximum atomic E-state index is 6.07. The van der Waals surface area contributed by atoms with E-state index in [1.54, 1.807) is 6.07 Å². The van der Waals surface area contributed by atoms with E-state index in [1.165, 1.54) is 0 Å². The Morgan fingerprint density at radius 1 is 1.29 bits per heavy atom. The molecule has 1 aromatic carbocycles. The van der Waals surface area contributed by atoms with Gasteiger partial charge in [0, 0.05) is 12.1 Å². The Labute approximate surface area is 110 Å². The van der Waals surface area contributed by atoms with Gasteiger partial charge in [0.2, 0.25) is 0 Å². The SMILES string of the molecule is Cc1cc(CNc2ccc(Cl)cc2Cl)n(C)n1. The van der Waals surface area contributed by atoms with Crippen LogP contribution >= 0.6 is 23.2 Å². The minimum Gasteiger partial charge on any atom is -0.378 e. The molecule has 1 heterocycles. The summed E-state index contributed by atoms with van der Waals surface area (Å²) in [6, 6.07) is 7.44. The molecule has 0 aliphatic heterocycles. The molecule has 0 spiro atoms. The molecule has 2 aromatic rings. The van der Waals surface area contributed by atoms with Gasteiger partial charge in [0.05, 0.1) is 28.6 Å². The molecule has 90 valence electrons. The number of anilines is 1. The van der Waals surface area contributed by atoms with Crippen LogP contribution in [-0.2, 0) is 13.6 Å². The van der Waals surface area contributed by atoms with Gasteiger partial charge in [0.25, 0.3) is 0 Å². The number of hydrogen-bond donors (Lipinski definition) is 1. The summed E-state index contributed by atoms with van der Waals surface area (Å²) in [6.45, 7) is 2.65. The van der Waals surface area contributed by atoms with Crippen molar-refractivity contribution in [1.82, 2.24) is 9.78 Å². The van der Waals surface area contributed by atoms with Gasteiger partial charge in [-0.2, -0.15) is 5.10 Å². The summed E-state index contributed by atoms with van der Waals surface area (Å²) >= 11 is 11.9. The molecule has 0 atom stereocenters. The number of nitrogens with one attached hydrogen (secondary N) is 1. The lowest BCUT2D eigenvalue weighted by Crippen LogP contribution is -2.05. The standard InChI is InChI=1S/C12H13Cl2N3/c1-8-5-10(17(2)16-8)7-15-12-4-3-9(13)6-11(12)14/h3-6,15H,7H2,1-2H3. The molecule has 1 N–H and O–H groups in total. The van der Waals surface area contributed by atoms with Crippen molar-refractivity contribution in [2.75, 3.05) is 5.32 Å². The van der Waals surface area contributed by atoms with Crippen LogP contribution in [0, 0.1) is 6.92 Å². The summed E-state index contributed by atoms with van der Waals surface area (Å²) in [4.78, 5) is 0. The predicted octanol–water partition coefficient (Wildman–Crippen LogP) is 3.65. The number of hydrogen-bond acceptors (Lipinski definition) is 2. The summed E-state index contributed by atoms with van der Waals surface area (Å²) in [5.74, 6) is 0. The monoisotopic (exact) mass is 269 g/mol. The van der Waals surface area contributed by atoms with Crippen LogP contribution in [0.5, 0.6) is 0 Å². The number of benzene rings is 1. The van der Waals surface area contributed by atoms with E-state index in [4.69, 9.17) is 23.2 Å². The topological polar surface area (TPSA) is 29.9 Å². The lowest BCUT2D eigenvalue weighted by atomic mass is 10.3. The second kappa shape index (κ2) is 4.98. The smallest absolute Gasteiger partial charge is 0.0652 e. The summed E-state index contributed by atoms with van der Waals surface area (Å²) in [7, 11) is 1.92. The van der Waals surface area contributed by atoms with Crippen molar-refractivity contribution in [2.45, 2.75) is 13.5 Å². The van der Waals surface area contributed by atoms with Gasteiger partial charge in [0.15, 0.2) is 0 Å². The Hall–Kier alpha value is -1.19. The second-order valence-electron chi connectivity index (χ2n) is 3.88. The Bertz CT molecular complexity index is 535. The molecule has 0 fully saturated rings. The molecule has 0 bridgehead atoms. The van der Waals surface area contributed by atoms with E-state index in [1.807, 2.05) is 36.9 Å². The first-order valence-corrected chi connectivity index (χ1v) is 6.00. The van der Waals surface area contributed by atoms with Gasteiger partial charge < -0.3 is 5.32 Å². The lowest BCUT2D eigenvalue weighted by molar-refractivity contribution is 0.713. The normalized spacial score (nSPS) is 10.6. The molecule has 0 aliphatic rings. The van der Waals surface area contributed by atoms with Crippen molar-refractivity contribution < 1.29 is 0 Å². The van der Waals surface area contributed by atoms with E-state index in [0.717, 1.165) is 17.1 Å². The molecular formula is C12H13Cl2N3. The summed E-state index contributed by atoms with van der Waals surface area (Å²) in [5.41, 5.74) is 2.98. The van der Waals surface area contributed by atoms with Crippen LogP contribution < -0.4 is 5.32 Å². The third-order valence-electron chi connectivity index (χ3n) is 2.49. The molecule has 17 heavy (non-hydrogen) atoms. The Morgan fingerprint density at radius 3 is 2.65 bits per heavy atom. The zero-order valence-corrected chi connectivity index (χ0v) is 11.2. The van der Waals surface area contributed by atoms with Gasteiger partial charge in [-0.25, -0.2) is 0 Å². The fourth-order valence-electron chi connectivity index (χ4n) is 1.65. The quantitative estimate of drug-likeness (QED) is 0.922. The van der Waals surface area contributed by atoms with Crippen LogP contribution in [0.25, 0.3) is 0 Å². The van der Waals surface area contributed by atoms with E-state index in [2.05, 4.69) is 10.4 Å². The minimum absolute atomic E-state index is 0.622. The average Bonchev–Trinajstić information content (AvgIpc) is 2.56. The highest BCUT2D eigenvalue weighted by atomic mass is 35.5. The second-order valence-corrected chi connectivity index (χ2v) is 4.72. The first kappa shape index (κ1) is 12.3. The van der Waals surface area contributed by atoms with Crippen LogP contribution in [0.3, 0.4) is 0 Å². The largest absolute Gasteiger partial charge is 0.378 e. The van der Waals surface area contributed by atoms with Gasteiger partial charge in [0.1, 0.15) is 0 Å². The number of rotatable bonds is 3. The van der Waals surface area contributed by atoms with E-state index in [0.29, 0.717) is 16.6 Å². The predicted molar refractivity (Wildman–Crippen MR) is 71.7 cm³/mol. The Kier molecular flexibility index (Phi) is 3.60. The van der Waals surface area contributed by atoms with E-state index in [9.17, 15) is 0 Å². The van der Waals surface area contributed by atoms with E-state index < -0.39 is 0 Å². The maximum absolute atomic E-state index is 6.07.